The van der Waals surface area contributed by atoms with Gasteiger partial charge in [-0.05, 0) is 42.7 Å². The van der Waals surface area contributed by atoms with Gasteiger partial charge in [-0.2, -0.15) is 4.31 Å². The monoisotopic (exact) mass is 633 g/mol. The van der Waals surface area contributed by atoms with Crippen molar-refractivity contribution in [1.82, 2.24) is 14.6 Å². The first kappa shape index (κ1) is 31.2. The number of sulfonamides is 1. The van der Waals surface area contributed by atoms with Crippen molar-refractivity contribution in [2.75, 3.05) is 30.8 Å². The van der Waals surface area contributed by atoms with Crippen LogP contribution in [-0.2, 0) is 26.0 Å². The molecular weight excluding hydrogens is 605 g/mol. The van der Waals surface area contributed by atoms with Gasteiger partial charge in [-0.25, -0.2) is 18.0 Å². The van der Waals surface area contributed by atoms with Crippen LogP contribution in [0.15, 0.2) is 65.8 Å². The molecule has 0 bridgehead atoms. The van der Waals surface area contributed by atoms with Gasteiger partial charge in [-0.1, -0.05) is 53.9 Å². The maximum absolute atomic E-state index is 13.3. The predicted molar refractivity (Wildman–Crippen MR) is 159 cm³/mol. The molecule has 3 aromatic rings. The first-order chi connectivity index (χ1) is 20.1. The number of hydrogen-bond donors (Lipinski definition) is 3. The molecule has 11 nitrogen and oxygen atoms in total. The molecule has 1 fully saturated rings. The molecule has 1 aliphatic rings. The Morgan fingerprint density at radius 2 is 1.60 bits per heavy atom. The van der Waals surface area contributed by atoms with Crippen molar-refractivity contribution in [3.05, 3.63) is 82.1 Å². The van der Waals surface area contributed by atoms with Gasteiger partial charge in [0.25, 0.3) is 5.91 Å². The van der Waals surface area contributed by atoms with Crippen LogP contribution >= 0.6 is 23.2 Å². The fourth-order valence-corrected chi connectivity index (χ4v) is 6.67. The number of esters is 1. The summed E-state index contributed by atoms with van der Waals surface area (Å²) >= 11 is 12.1. The molecule has 42 heavy (non-hydrogen) atoms. The molecular formula is C28H29Cl2N5O6S. The number of hydrogen-bond acceptors (Lipinski definition) is 7. The number of halogens is 2. The zero-order chi connectivity index (χ0) is 30.3. The minimum Gasteiger partial charge on any atom is -0.467 e. The lowest BCUT2D eigenvalue weighted by Gasteiger charge is -2.27. The van der Waals surface area contributed by atoms with E-state index in [1.807, 2.05) is 0 Å². The highest BCUT2D eigenvalue weighted by atomic mass is 35.5. The lowest BCUT2D eigenvalue weighted by atomic mass is 10.1. The van der Waals surface area contributed by atoms with Gasteiger partial charge in [-0.3, -0.25) is 9.78 Å². The molecule has 1 atom stereocenters. The van der Waals surface area contributed by atoms with E-state index in [-0.39, 0.29) is 32.6 Å². The summed E-state index contributed by atoms with van der Waals surface area (Å²) in [5.74, 6) is -1.22. The van der Waals surface area contributed by atoms with E-state index in [4.69, 9.17) is 27.9 Å². The Hall–Kier alpha value is -3.71. The van der Waals surface area contributed by atoms with Crippen molar-refractivity contribution in [2.24, 2.45) is 0 Å². The molecule has 1 saturated heterocycles. The molecule has 0 radical (unpaired) electrons. The van der Waals surface area contributed by atoms with Gasteiger partial charge in [0.15, 0.2) is 0 Å². The number of carbonyl (C=O) groups excluding carboxylic acids is 3. The van der Waals surface area contributed by atoms with E-state index >= 15 is 0 Å². The molecule has 1 aliphatic heterocycles. The van der Waals surface area contributed by atoms with Crippen LogP contribution in [0.4, 0.5) is 16.2 Å². The largest absolute Gasteiger partial charge is 0.467 e. The van der Waals surface area contributed by atoms with E-state index in [0.29, 0.717) is 24.3 Å². The summed E-state index contributed by atoms with van der Waals surface area (Å²) in [5.41, 5.74) is 1.28. The number of anilines is 2. The van der Waals surface area contributed by atoms with Crippen molar-refractivity contribution in [3.8, 4) is 0 Å². The van der Waals surface area contributed by atoms with Gasteiger partial charge >= 0.3 is 12.0 Å². The third-order valence-corrected chi connectivity index (χ3v) is 9.12. The van der Waals surface area contributed by atoms with Crippen LogP contribution in [0.3, 0.4) is 0 Å². The normalized spacial score (nSPS) is 14.5. The van der Waals surface area contributed by atoms with Crippen LogP contribution in [0.2, 0.25) is 10.0 Å². The van der Waals surface area contributed by atoms with Crippen molar-refractivity contribution in [2.45, 2.75) is 36.6 Å². The number of nitrogens with zero attached hydrogens (tertiary/aromatic N) is 2. The Balaban J connectivity index is 1.43. The summed E-state index contributed by atoms with van der Waals surface area (Å²) in [6.07, 6.45) is 5.20. The Bertz CT molecular complexity index is 1540. The minimum absolute atomic E-state index is 0.0244. The van der Waals surface area contributed by atoms with Crippen molar-refractivity contribution >= 4 is 62.5 Å². The SMILES string of the molecule is COC(=O)C(Cc1ccc(NC(=O)c2c(Cl)cncc2Cl)cc1)NC(=O)Nc1ccccc1S(=O)(=O)N1CCCCC1. The molecule has 0 spiro atoms. The first-order valence-electron chi connectivity index (χ1n) is 13.0. The molecule has 1 unspecified atom stereocenters. The molecule has 3 amide bonds. The Morgan fingerprint density at radius 3 is 2.24 bits per heavy atom. The highest BCUT2D eigenvalue weighted by Gasteiger charge is 2.29. The number of methoxy groups -OCH3 is 1. The first-order valence-corrected chi connectivity index (χ1v) is 15.2. The van der Waals surface area contributed by atoms with Crippen LogP contribution in [0, 0.1) is 0 Å². The Kier molecular flexibility index (Phi) is 10.4. The number of nitrogens with one attached hydrogen (secondary N) is 3. The molecule has 4 rings (SSSR count). The third kappa shape index (κ3) is 7.57. The topological polar surface area (TPSA) is 147 Å². The van der Waals surface area contributed by atoms with Gasteiger partial charge in [0.1, 0.15) is 10.9 Å². The summed E-state index contributed by atoms with van der Waals surface area (Å²) in [6.45, 7) is 0.835. The number of urea groups is 1. The number of amides is 3. The summed E-state index contributed by atoms with van der Waals surface area (Å²) in [5, 5.41) is 8.04. The molecule has 2 heterocycles. The summed E-state index contributed by atoms with van der Waals surface area (Å²) in [4.78, 5) is 41.9. The lowest BCUT2D eigenvalue weighted by molar-refractivity contribution is -0.142. The van der Waals surface area contributed by atoms with E-state index in [1.54, 1.807) is 36.4 Å². The van der Waals surface area contributed by atoms with Crippen LogP contribution in [0.1, 0.15) is 35.2 Å². The highest BCUT2D eigenvalue weighted by Crippen LogP contribution is 2.27. The quantitative estimate of drug-likeness (QED) is 0.289. The standard InChI is InChI=1S/C28H29Cl2N5O6S/c1-41-27(37)23(15-18-9-11-19(12-10-18)32-26(36)25-20(29)16-31-17-21(25)30)34-28(38)33-22-7-3-4-8-24(22)42(39,40)35-13-5-2-6-14-35/h3-4,7-12,16-17,23H,2,5-6,13-15H2,1H3,(H,32,36)(H2,33,34,38). The number of benzene rings is 2. The predicted octanol–water partition coefficient (Wildman–Crippen LogP) is 4.72. The zero-order valence-corrected chi connectivity index (χ0v) is 24.9. The lowest BCUT2D eigenvalue weighted by Crippen LogP contribution is -2.45. The van der Waals surface area contributed by atoms with Crippen LogP contribution in [0.5, 0.6) is 0 Å². The van der Waals surface area contributed by atoms with Gasteiger partial charge in [0, 0.05) is 37.6 Å². The highest BCUT2D eigenvalue weighted by molar-refractivity contribution is 7.89. The Labute approximate surface area is 253 Å². The average Bonchev–Trinajstić information content (AvgIpc) is 2.98. The molecule has 2 aromatic carbocycles. The second kappa shape index (κ2) is 14.0. The van der Waals surface area contributed by atoms with E-state index in [1.165, 1.54) is 35.9 Å². The molecule has 1 aromatic heterocycles. The third-order valence-electron chi connectivity index (χ3n) is 6.59. The number of carbonyl (C=O) groups is 3. The van der Waals surface area contributed by atoms with E-state index in [2.05, 4.69) is 20.9 Å². The number of piperidine rings is 1. The van der Waals surface area contributed by atoms with Gasteiger partial charge < -0.3 is 20.7 Å². The van der Waals surface area contributed by atoms with E-state index in [0.717, 1.165) is 19.3 Å². The Morgan fingerprint density at radius 1 is 0.952 bits per heavy atom. The summed E-state index contributed by atoms with van der Waals surface area (Å²) < 4.78 is 32.8. The zero-order valence-electron chi connectivity index (χ0n) is 22.6. The fourth-order valence-electron chi connectivity index (χ4n) is 4.47. The van der Waals surface area contributed by atoms with Crippen molar-refractivity contribution < 1.29 is 27.5 Å². The fraction of sp³-hybridized carbons (Fsp3) is 0.286. The summed E-state index contributed by atoms with van der Waals surface area (Å²) in [7, 11) is -2.62. The van der Waals surface area contributed by atoms with Crippen LogP contribution in [-0.4, -0.2) is 61.9 Å². The maximum Gasteiger partial charge on any atom is 0.328 e. The minimum atomic E-state index is -3.82. The number of ether oxygens (including phenoxy) is 1. The molecule has 3 N–H and O–H groups in total. The molecule has 0 saturated carbocycles. The van der Waals surface area contributed by atoms with Crippen molar-refractivity contribution in [1.29, 1.82) is 0 Å². The van der Waals surface area contributed by atoms with Gasteiger partial charge in [-0.15, -0.1) is 0 Å². The van der Waals surface area contributed by atoms with Gasteiger partial charge in [0.2, 0.25) is 10.0 Å². The second-order valence-electron chi connectivity index (χ2n) is 9.47. The maximum atomic E-state index is 13.3. The molecule has 0 aliphatic carbocycles. The van der Waals surface area contributed by atoms with Crippen molar-refractivity contribution in [3.63, 3.8) is 0 Å². The number of para-hydroxylation sites is 1. The van der Waals surface area contributed by atoms with E-state index < -0.39 is 34.0 Å². The summed E-state index contributed by atoms with van der Waals surface area (Å²) in [6, 6.07) is 10.8. The van der Waals surface area contributed by atoms with E-state index in [9.17, 15) is 22.8 Å². The van der Waals surface area contributed by atoms with Crippen LogP contribution in [0.25, 0.3) is 0 Å². The van der Waals surface area contributed by atoms with Gasteiger partial charge in [0.05, 0.1) is 28.4 Å². The average molecular weight is 635 g/mol. The number of rotatable bonds is 9. The number of pyridine rings is 1. The number of aromatic nitrogens is 1. The smallest absolute Gasteiger partial charge is 0.328 e. The second-order valence-corrected chi connectivity index (χ2v) is 12.2. The molecule has 222 valence electrons. The van der Waals surface area contributed by atoms with Crippen LogP contribution < -0.4 is 16.0 Å². The molecule has 14 heteroatoms.